The lowest BCUT2D eigenvalue weighted by Crippen LogP contribution is -2.44. The number of hydrogen-bond donors (Lipinski definition) is 1. The first-order valence-corrected chi connectivity index (χ1v) is 5.81. The van der Waals surface area contributed by atoms with Gasteiger partial charge < -0.3 is 14.6 Å². The van der Waals surface area contributed by atoms with Crippen molar-refractivity contribution in [3.63, 3.8) is 0 Å². The molecule has 0 radical (unpaired) electrons. The van der Waals surface area contributed by atoms with Gasteiger partial charge in [-0.1, -0.05) is 0 Å². The highest BCUT2D eigenvalue weighted by Crippen LogP contribution is 2.36. The van der Waals surface area contributed by atoms with Gasteiger partial charge in [-0.3, -0.25) is 9.69 Å². The second-order valence-corrected chi connectivity index (χ2v) is 4.65. The molecule has 2 rings (SSSR count). The average molecular weight is 229 g/mol. The summed E-state index contributed by atoms with van der Waals surface area (Å²) < 4.78 is 11.3. The molecule has 0 aromatic rings. The Morgan fingerprint density at radius 3 is 2.44 bits per heavy atom. The Morgan fingerprint density at radius 2 is 1.94 bits per heavy atom. The lowest BCUT2D eigenvalue weighted by Gasteiger charge is -2.38. The standard InChI is InChI=1S/C11H19NO4/c1-12(8-10(13)14)9-2-4-11(5-3-9)15-6-7-16-11/h9H,2-8H2,1H3,(H,13,14). The van der Waals surface area contributed by atoms with Crippen LogP contribution in [0.25, 0.3) is 0 Å². The van der Waals surface area contributed by atoms with Crippen LogP contribution in [0.15, 0.2) is 0 Å². The summed E-state index contributed by atoms with van der Waals surface area (Å²) >= 11 is 0. The third-order valence-electron chi connectivity index (χ3n) is 3.54. The van der Waals surface area contributed by atoms with E-state index < -0.39 is 5.97 Å². The van der Waals surface area contributed by atoms with Crippen LogP contribution in [-0.4, -0.2) is 54.6 Å². The van der Waals surface area contributed by atoms with E-state index in [1.54, 1.807) is 0 Å². The maximum Gasteiger partial charge on any atom is 0.317 e. The van der Waals surface area contributed by atoms with Gasteiger partial charge in [-0.05, 0) is 19.9 Å². The van der Waals surface area contributed by atoms with E-state index in [4.69, 9.17) is 14.6 Å². The van der Waals surface area contributed by atoms with Gasteiger partial charge in [-0.15, -0.1) is 0 Å². The zero-order chi connectivity index (χ0) is 11.6. The van der Waals surface area contributed by atoms with Gasteiger partial charge in [-0.25, -0.2) is 0 Å². The monoisotopic (exact) mass is 229 g/mol. The van der Waals surface area contributed by atoms with Crippen molar-refractivity contribution in [2.75, 3.05) is 26.8 Å². The molecule has 1 saturated heterocycles. The van der Waals surface area contributed by atoms with Crippen molar-refractivity contribution in [3.8, 4) is 0 Å². The molecule has 92 valence electrons. The molecule has 2 fully saturated rings. The van der Waals surface area contributed by atoms with Crippen molar-refractivity contribution in [2.24, 2.45) is 0 Å². The zero-order valence-electron chi connectivity index (χ0n) is 9.65. The van der Waals surface area contributed by atoms with Gasteiger partial charge in [0.15, 0.2) is 5.79 Å². The van der Waals surface area contributed by atoms with Gasteiger partial charge in [0, 0.05) is 18.9 Å². The van der Waals surface area contributed by atoms with Gasteiger partial charge in [-0.2, -0.15) is 0 Å². The largest absolute Gasteiger partial charge is 0.480 e. The summed E-state index contributed by atoms with van der Waals surface area (Å²) in [6.45, 7) is 1.49. The normalized spacial score (nSPS) is 25.4. The molecule has 0 unspecified atom stereocenters. The number of carboxylic acid groups (broad SMARTS) is 1. The fraction of sp³-hybridized carbons (Fsp3) is 0.909. The van der Waals surface area contributed by atoms with E-state index in [-0.39, 0.29) is 12.3 Å². The molecule has 2 aliphatic rings. The summed E-state index contributed by atoms with van der Waals surface area (Å²) in [4.78, 5) is 12.5. The van der Waals surface area contributed by atoms with E-state index >= 15 is 0 Å². The number of hydrogen-bond acceptors (Lipinski definition) is 4. The molecule has 0 atom stereocenters. The number of carbonyl (C=O) groups is 1. The van der Waals surface area contributed by atoms with E-state index in [0.29, 0.717) is 19.3 Å². The second kappa shape index (κ2) is 4.69. The van der Waals surface area contributed by atoms with E-state index in [1.165, 1.54) is 0 Å². The predicted octanol–water partition coefficient (Wildman–Crippen LogP) is 0.688. The fourth-order valence-corrected chi connectivity index (χ4v) is 2.61. The van der Waals surface area contributed by atoms with E-state index in [0.717, 1.165) is 25.7 Å². The molecular weight excluding hydrogens is 210 g/mol. The Balaban J connectivity index is 1.82. The topological polar surface area (TPSA) is 59.0 Å². The third kappa shape index (κ3) is 2.53. The molecule has 1 spiro atoms. The number of ether oxygens (including phenoxy) is 2. The van der Waals surface area contributed by atoms with Crippen LogP contribution in [-0.2, 0) is 14.3 Å². The first-order valence-electron chi connectivity index (χ1n) is 5.81. The van der Waals surface area contributed by atoms with Crippen LogP contribution in [0.5, 0.6) is 0 Å². The summed E-state index contributed by atoms with van der Waals surface area (Å²) in [6.07, 6.45) is 3.65. The summed E-state index contributed by atoms with van der Waals surface area (Å²) in [5.74, 6) is -1.11. The van der Waals surface area contributed by atoms with E-state index in [1.807, 2.05) is 11.9 Å². The van der Waals surface area contributed by atoms with Gasteiger partial charge in [0.25, 0.3) is 0 Å². The average Bonchev–Trinajstić information content (AvgIpc) is 2.66. The minimum Gasteiger partial charge on any atom is -0.480 e. The molecule has 1 aliphatic carbocycles. The predicted molar refractivity (Wildman–Crippen MR) is 57.2 cm³/mol. The zero-order valence-corrected chi connectivity index (χ0v) is 9.65. The quantitative estimate of drug-likeness (QED) is 0.771. The molecule has 0 amide bonds. The SMILES string of the molecule is CN(CC(=O)O)C1CCC2(CC1)OCCO2. The number of rotatable bonds is 3. The van der Waals surface area contributed by atoms with Crippen LogP contribution in [0.3, 0.4) is 0 Å². The molecule has 16 heavy (non-hydrogen) atoms. The van der Waals surface area contributed by atoms with Crippen LogP contribution in [0.1, 0.15) is 25.7 Å². The Labute approximate surface area is 95.3 Å². The fourth-order valence-electron chi connectivity index (χ4n) is 2.61. The number of nitrogens with zero attached hydrogens (tertiary/aromatic N) is 1. The van der Waals surface area contributed by atoms with Crippen molar-refractivity contribution in [1.82, 2.24) is 4.90 Å². The molecule has 1 N–H and O–H groups in total. The molecule has 0 bridgehead atoms. The van der Waals surface area contributed by atoms with E-state index in [2.05, 4.69) is 0 Å². The molecule has 0 aromatic heterocycles. The van der Waals surface area contributed by atoms with Gasteiger partial charge >= 0.3 is 5.97 Å². The Bertz CT molecular complexity index is 253. The van der Waals surface area contributed by atoms with Crippen molar-refractivity contribution in [2.45, 2.75) is 37.5 Å². The first-order chi connectivity index (χ1) is 7.61. The van der Waals surface area contributed by atoms with Crippen LogP contribution < -0.4 is 0 Å². The maximum atomic E-state index is 10.6. The summed E-state index contributed by atoms with van der Waals surface area (Å²) in [7, 11) is 1.87. The van der Waals surface area contributed by atoms with Crippen molar-refractivity contribution in [1.29, 1.82) is 0 Å². The maximum absolute atomic E-state index is 10.6. The lowest BCUT2D eigenvalue weighted by atomic mass is 9.89. The third-order valence-corrected chi connectivity index (χ3v) is 3.54. The molecule has 0 aromatic carbocycles. The summed E-state index contributed by atoms with van der Waals surface area (Å²) in [6, 6.07) is 0.342. The summed E-state index contributed by atoms with van der Waals surface area (Å²) in [5.41, 5.74) is 0. The highest BCUT2D eigenvalue weighted by Gasteiger charge is 2.41. The molecule has 5 nitrogen and oxygen atoms in total. The highest BCUT2D eigenvalue weighted by atomic mass is 16.7. The van der Waals surface area contributed by atoms with Crippen LogP contribution >= 0.6 is 0 Å². The number of aliphatic carboxylic acids is 1. The number of likely N-dealkylation sites (N-methyl/N-ethyl adjacent to an activating group) is 1. The molecule has 1 heterocycles. The smallest absolute Gasteiger partial charge is 0.317 e. The van der Waals surface area contributed by atoms with Crippen molar-refractivity contribution < 1.29 is 19.4 Å². The van der Waals surface area contributed by atoms with Gasteiger partial charge in [0.2, 0.25) is 0 Å². The molecule has 5 heteroatoms. The van der Waals surface area contributed by atoms with Crippen LogP contribution in [0, 0.1) is 0 Å². The van der Waals surface area contributed by atoms with E-state index in [9.17, 15) is 4.79 Å². The van der Waals surface area contributed by atoms with Crippen molar-refractivity contribution >= 4 is 5.97 Å². The Morgan fingerprint density at radius 1 is 1.38 bits per heavy atom. The van der Waals surface area contributed by atoms with Crippen LogP contribution in [0.4, 0.5) is 0 Å². The summed E-state index contributed by atoms with van der Waals surface area (Å²) in [5, 5.41) is 8.73. The number of carboxylic acids is 1. The minimum absolute atomic E-state index is 0.110. The van der Waals surface area contributed by atoms with Gasteiger partial charge in [0.05, 0.1) is 19.8 Å². The molecular formula is C11H19NO4. The van der Waals surface area contributed by atoms with Gasteiger partial charge in [0.1, 0.15) is 0 Å². The second-order valence-electron chi connectivity index (χ2n) is 4.65. The highest BCUT2D eigenvalue weighted by molar-refractivity contribution is 5.69. The Kier molecular flexibility index (Phi) is 3.47. The molecule has 1 saturated carbocycles. The minimum atomic E-state index is -0.767. The van der Waals surface area contributed by atoms with Crippen LogP contribution in [0.2, 0.25) is 0 Å². The molecule has 1 aliphatic heterocycles. The van der Waals surface area contributed by atoms with Crippen molar-refractivity contribution in [3.05, 3.63) is 0 Å². The first kappa shape index (κ1) is 11.8. The Hall–Kier alpha value is -0.650. The lowest BCUT2D eigenvalue weighted by molar-refractivity contribution is -0.183.